The number of amides is 1. The summed E-state index contributed by atoms with van der Waals surface area (Å²) < 4.78 is 17.1. The number of rotatable bonds is 7. The molecule has 0 unspecified atom stereocenters. The molecule has 0 radical (unpaired) electrons. The van der Waals surface area contributed by atoms with Gasteiger partial charge in [-0.25, -0.2) is 4.98 Å². The van der Waals surface area contributed by atoms with Crippen molar-refractivity contribution in [3.05, 3.63) is 78.4 Å². The van der Waals surface area contributed by atoms with E-state index in [2.05, 4.69) is 12.2 Å². The van der Waals surface area contributed by atoms with Crippen LogP contribution in [0.15, 0.2) is 72.8 Å². The summed E-state index contributed by atoms with van der Waals surface area (Å²) >= 11 is 0. The quantitative estimate of drug-likeness (QED) is 0.342. The Labute approximate surface area is 198 Å². The number of aromatic nitrogens is 1. The minimum Gasteiger partial charge on any atom is -0.494 e. The molecule has 6 nitrogen and oxygen atoms in total. The highest BCUT2D eigenvalue weighted by Gasteiger charge is 2.17. The SMILES string of the molecule is CCCCOc1cccc(-c2cc(C(=O)Nc3ccc4c(c3)OCCO4)c3ccccc3n2)c1. The first kappa shape index (κ1) is 21.8. The molecule has 3 aromatic carbocycles. The number of para-hydroxylation sites is 1. The van der Waals surface area contributed by atoms with Gasteiger partial charge in [0.05, 0.1) is 23.4 Å². The summed E-state index contributed by atoms with van der Waals surface area (Å²) in [5.74, 6) is 1.89. The molecule has 2 heterocycles. The van der Waals surface area contributed by atoms with Gasteiger partial charge < -0.3 is 19.5 Å². The summed E-state index contributed by atoms with van der Waals surface area (Å²) in [5.41, 5.74) is 3.56. The molecule has 1 N–H and O–H groups in total. The fraction of sp³-hybridized carbons (Fsp3) is 0.214. The molecule has 0 fully saturated rings. The number of anilines is 1. The Kier molecular flexibility index (Phi) is 6.29. The van der Waals surface area contributed by atoms with E-state index in [1.165, 1.54) is 0 Å². The van der Waals surface area contributed by atoms with Gasteiger partial charge in [-0.2, -0.15) is 0 Å². The second-order valence-corrected chi connectivity index (χ2v) is 8.11. The molecule has 0 saturated heterocycles. The molecule has 1 aliphatic heterocycles. The molecule has 34 heavy (non-hydrogen) atoms. The van der Waals surface area contributed by atoms with Gasteiger partial charge in [0.1, 0.15) is 19.0 Å². The Morgan fingerprint density at radius 3 is 2.71 bits per heavy atom. The molecule has 1 amide bonds. The molecule has 1 aromatic heterocycles. The zero-order chi connectivity index (χ0) is 23.3. The van der Waals surface area contributed by atoms with Gasteiger partial charge in [-0.3, -0.25) is 4.79 Å². The van der Waals surface area contributed by atoms with Crippen molar-refractivity contribution in [1.82, 2.24) is 4.98 Å². The number of ether oxygens (including phenoxy) is 3. The highest BCUT2D eigenvalue weighted by Crippen LogP contribution is 2.33. The monoisotopic (exact) mass is 454 g/mol. The average molecular weight is 455 g/mol. The Morgan fingerprint density at radius 2 is 1.82 bits per heavy atom. The number of carbonyl (C=O) groups is 1. The molecule has 0 bridgehead atoms. The third-order valence-corrected chi connectivity index (χ3v) is 5.66. The zero-order valence-electron chi connectivity index (χ0n) is 19.0. The summed E-state index contributed by atoms with van der Waals surface area (Å²) in [6.07, 6.45) is 2.08. The van der Waals surface area contributed by atoms with Gasteiger partial charge in [-0.1, -0.05) is 43.7 Å². The van der Waals surface area contributed by atoms with Gasteiger partial charge in [-0.15, -0.1) is 0 Å². The molecule has 0 saturated carbocycles. The predicted molar refractivity (Wildman–Crippen MR) is 133 cm³/mol. The summed E-state index contributed by atoms with van der Waals surface area (Å²) in [4.78, 5) is 18.2. The summed E-state index contributed by atoms with van der Waals surface area (Å²) in [6, 6.07) is 22.7. The van der Waals surface area contributed by atoms with Crippen LogP contribution < -0.4 is 19.5 Å². The summed E-state index contributed by atoms with van der Waals surface area (Å²) in [7, 11) is 0. The van der Waals surface area contributed by atoms with Crippen molar-refractivity contribution in [2.45, 2.75) is 19.8 Å². The van der Waals surface area contributed by atoms with E-state index in [1.807, 2.05) is 66.7 Å². The van der Waals surface area contributed by atoms with E-state index in [1.54, 1.807) is 6.07 Å². The van der Waals surface area contributed by atoms with E-state index in [4.69, 9.17) is 19.2 Å². The van der Waals surface area contributed by atoms with Crippen LogP contribution >= 0.6 is 0 Å². The Balaban J connectivity index is 1.48. The van der Waals surface area contributed by atoms with E-state index < -0.39 is 0 Å². The smallest absolute Gasteiger partial charge is 0.256 e. The fourth-order valence-electron chi connectivity index (χ4n) is 3.91. The maximum Gasteiger partial charge on any atom is 0.256 e. The molecule has 172 valence electrons. The first-order chi connectivity index (χ1) is 16.7. The van der Waals surface area contributed by atoms with Crippen molar-refractivity contribution in [2.75, 3.05) is 25.1 Å². The normalized spacial score (nSPS) is 12.4. The van der Waals surface area contributed by atoms with Crippen molar-refractivity contribution < 1.29 is 19.0 Å². The average Bonchev–Trinajstić information content (AvgIpc) is 2.88. The standard InChI is InChI=1S/C28H26N2O4/c1-2-3-13-32-21-8-6-7-19(16-21)25-18-23(22-9-4-5-10-24(22)30-25)28(31)29-20-11-12-26-27(17-20)34-15-14-33-26/h4-12,16-18H,2-3,13-15H2,1H3,(H,29,31). The second kappa shape index (κ2) is 9.83. The van der Waals surface area contributed by atoms with Crippen LogP contribution in [0.4, 0.5) is 5.69 Å². The van der Waals surface area contributed by atoms with Gasteiger partial charge in [0.15, 0.2) is 11.5 Å². The van der Waals surface area contributed by atoms with Gasteiger partial charge in [0, 0.05) is 22.7 Å². The van der Waals surface area contributed by atoms with Crippen LogP contribution in [0.2, 0.25) is 0 Å². The Morgan fingerprint density at radius 1 is 0.971 bits per heavy atom. The number of benzene rings is 3. The fourth-order valence-corrected chi connectivity index (χ4v) is 3.91. The minimum atomic E-state index is -0.216. The number of nitrogens with zero attached hydrogens (tertiary/aromatic N) is 1. The molecule has 0 aliphatic carbocycles. The van der Waals surface area contributed by atoms with E-state index in [9.17, 15) is 4.79 Å². The van der Waals surface area contributed by atoms with E-state index in [0.29, 0.717) is 48.3 Å². The van der Waals surface area contributed by atoms with Crippen LogP contribution in [0.3, 0.4) is 0 Å². The topological polar surface area (TPSA) is 69.7 Å². The van der Waals surface area contributed by atoms with Crippen molar-refractivity contribution >= 4 is 22.5 Å². The van der Waals surface area contributed by atoms with Gasteiger partial charge >= 0.3 is 0 Å². The molecule has 0 atom stereocenters. The lowest BCUT2D eigenvalue weighted by Gasteiger charge is -2.19. The molecule has 6 heteroatoms. The van der Waals surface area contributed by atoms with Crippen LogP contribution in [0.5, 0.6) is 17.2 Å². The number of hydrogen-bond donors (Lipinski definition) is 1. The van der Waals surface area contributed by atoms with E-state index in [0.717, 1.165) is 35.1 Å². The molecular weight excluding hydrogens is 428 g/mol. The number of carbonyl (C=O) groups excluding carboxylic acids is 1. The van der Waals surface area contributed by atoms with Gasteiger partial charge in [0.2, 0.25) is 0 Å². The van der Waals surface area contributed by atoms with Crippen LogP contribution in [0.1, 0.15) is 30.1 Å². The lowest BCUT2D eigenvalue weighted by Crippen LogP contribution is -2.16. The number of fused-ring (bicyclic) bond motifs is 2. The maximum atomic E-state index is 13.4. The first-order valence-electron chi connectivity index (χ1n) is 11.6. The Bertz CT molecular complexity index is 1340. The van der Waals surface area contributed by atoms with Gasteiger partial charge in [0.25, 0.3) is 5.91 Å². The number of nitrogens with one attached hydrogen (secondary N) is 1. The lowest BCUT2D eigenvalue weighted by atomic mass is 10.0. The summed E-state index contributed by atoms with van der Waals surface area (Å²) in [6.45, 7) is 3.82. The first-order valence-corrected chi connectivity index (χ1v) is 11.6. The largest absolute Gasteiger partial charge is 0.494 e. The van der Waals surface area contributed by atoms with Crippen LogP contribution in [0, 0.1) is 0 Å². The highest BCUT2D eigenvalue weighted by atomic mass is 16.6. The van der Waals surface area contributed by atoms with Crippen LogP contribution in [0.25, 0.3) is 22.2 Å². The zero-order valence-corrected chi connectivity index (χ0v) is 19.0. The number of unbranched alkanes of at least 4 members (excludes halogenated alkanes) is 1. The predicted octanol–water partition coefficient (Wildman–Crippen LogP) is 6.10. The molecule has 4 aromatic rings. The number of hydrogen-bond acceptors (Lipinski definition) is 5. The maximum absolute atomic E-state index is 13.4. The third kappa shape index (κ3) is 4.66. The molecule has 1 aliphatic rings. The highest BCUT2D eigenvalue weighted by molar-refractivity contribution is 6.13. The molecule has 5 rings (SSSR count). The summed E-state index contributed by atoms with van der Waals surface area (Å²) in [5, 5.41) is 3.79. The van der Waals surface area contributed by atoms with Crippen LogP contribution in [-0.4, -0.2) is 30.7 Å². The van der Waals surface area contributed by atoms with Crippen molar-refractivity contribution in [2.24, 2.45) is 0 Å². The lowest BCUT2D eigenvalue weighted by molar-refractivity contribution is 0.102. The number of pyridine rings is 1. The van der Waals surface area contributed by atoms with Crippen LogP contribution in [-0.2, 0) is 0 Å². The second-order valence-electron chi connectivity index (χ2n) is 8.11. The van der Waals surface area contributed by atoms with Crippen molar-refractivity contribution in [1.29, 1.82) is 0 Å². The molecular formula is C28H26N2O4. The third-order valence-electron chi connectivity index (χ3n) is 5.66. The Hall–Kier alpha value is -4.06. The van der Waals surface area contributed by atoms with Crippen molar-refractivity contribution in [3.63, 3.8) is 0 Å². The minimum absolute atomic E-state index is 0.216. The van der Waals surface area contributed by atoms with E-state index >= 15 is 0 Å². The van der Waals surface area contributed by atoms with Gasteiger partial charge in [-0.05, 0) is 42.8 Å². The van der Waals surface area contributed by atoms with Crippen molar-refractivity contribution in [3.8, 4) is 28.5 Å². The van der Waals surface area contributed by atoms with E-state index in [-0.39, 0.29) is 5.91 Å². The molecule has 0 spiro atoms.